The molecule has 7 N–H and O–H groups in total. The lowest BCUT2D eigenvalue weighted by atomic mass is 9.81. The zero-order chi connectivity index (χ0) is 14.0. The SMILES string of the molecule is Cl.Cl.NCCOCCC(N)(CCCCB(O)O)C(=O)O. The Morgan fingerprint density at radius 2 is 1.75 bits per heavy atom. The van der Waals surface area contributed by atoms with Crippen molar-refractivity contribution in [3.8, 4) is 0 Å². The molecule has 0 bridgehead atoms. The molecule has 7 nitrogen and oxygen atoms in total. The van der Waals surface area contributed by atoms with Gasteiger partial charge in [-0.3, -0.25) is 4.79 Å². The van der Waals surface area contributed by atoms with E-state index < -0.39 is 18.6 Å². The second-order valence-electron chi connectivity index (χ2n) is 4.34. The zero-order valence-corrected chi connectivity index (χ0v) is 13.0. The van der Waals surface area contributed by atoms with Crippen molar-refractivity contribution in [2.45, 2.75) is 37.5 Å². The number of unbranched alkanes of at least 4 members (excludes halogenated alkanes) is 1. The fourth-order valence-electron chi connectivity index (χ4n) is 1.55. The Balaban J connectivity index is -0.00000144. The molecule has 0 aliphatic heterocycles. The van der Waals surface area contributed by atoms with E-state index in [1.807, 2.05) is 0 Å². The van der Waals surface area contributed by atoms with Gasteiger partial charge in [-0.05, 0) is 19.2 Å². The lowest BCUT2D eigenvalue weighted by Crippen LogP contribution is -2.48. The number of hydrogen-bond donors (Lipinski definition) is 5. The highest BCUT2D eigenvalue weighted by molar-refractivity contribution is 6.40. The molecule has 0 aliphatic rings. The maximum absolute atomic E-state index is 11.1. The van der Waals surface area contributed by atoms with Crippen LogP contribution in [-0.4, -0.2) is 53.5 Å². The molecule has 0 amide bonds. The molecule has 10 heteroatoms. The number of hydrogen-bond acceptors (Lipinski definition) is 6. The number of carbonyl (C=O) groups is 1. The summed E-state index contributed by atoms with van der Waals surface area (Å²) in [5.74, 6) is -1.07. The van der Waals surface area contributed by atoms with Crippen LogP contribution in [0.2, 0.25) is 6.32 Å². The highest BCUT2D eigenvalue weighted by Crippen LogP contribution is 2.17. The van der Waals surface area contributed by atoms with Gasteiger partial charge in [0.2, 0.25) is 0 Å². The van der Waals surface area contributed by atoms with Gasteiger partial charge in [-0.2, -0.15) is 0 Å². The van der Waals surface area contributed by atoms with Crippen molar-refractivity contribution in [2.75, 3.05) is 19.8 Å². The van der Waals surface area contributed by atoms with Gasteiger partial charge in [-0.25, -0.2) is 0 Å². The summed E-state index contributed by atoms with van der Waals surface area (Å²) in [6, 6.07) is 0. The first kappa shape index (κ1) is 24.9. The molecular formula is C10H25BCl2N2O5. The summed E-state index contributed by atoms with van der Waals surface area (Å²) in [7, 11) is -1.35. The van der Waals surface area contributed by atoms with Crippen LogP contribution in [0.1, 0.15) is 25.7 Å². The van der Waals surface area contributed by atoms with Crippen molar-refractivity contribution >= 4 is 37.9 Å². The normalized spacial score (nSPS) is 12.8. The van der Waals surface area contributed by atoms with Gasteiger partial charge < -0.3 is 31.4 Å². The van der Waals surface area contributed by atoms with Crippen LogP contribution in [0.4, 0.5) is 0 Å². The zero-order valence-electron chi connectivity index (χ0n) is 11.4. The average Bonchev–Trinajstić information content (AvgIpc) is 2.30. The Morgan fingerprint density at radius 1 is 1.15 bits per heavy atom. The largest absolute Gasteiger partial charge is 0.480 e. The second-order valence-corrected chi connectivity index (χ2v) is 4.34. The van der Waals surface area contributed by atoms with Gasteiger partial charge in [0.05, 0.1) is 6.61 Å². The van der Waals surface area contributed by atoms with Crippen LogP contribution < -0.4 is 11.5 Å². The molecule has 0 aromatic heterocycles. The summed E-state index contributed by atoms with van der Waals surface area (Å²) in [5.41, 5.74) is 9.72. The summed E-state index contributed by atoms with van der Waals surface area (Å²) < 4.78 is 5.12. The van der Waals surface area contributed by atoms with E-state index in [4.69, 9.17) is 31.4 Å². The molecule has 0 fully saturated rings. The van der Waals surface area contributed by atoms with E-state index in [1.54, 1.807) is 0 Å². The van der Waals surface area contributed by atoms with E-state index in [0.29, 0.717) is 26.0 Å². The van der Waals surface area contributed by atoms with Crippen molar-refractivity contribution in [3.05, 3.63) is 0 Å². The van der Waals surface area contributed by atoms with Crippen LogP contribution in [0.25, 0.3) is 0 Å². The van der Waals surface area contributed by atoms with Crippen molar-refractivity contribution in [2.24, 2.45) is 11.5 Å². The lowest BCUT2D eigenvalue weighted by molar-refractivity contribution is -0.144. The van der Waals surface area contributed by atoms with Gasteiger partial charge in [-0.1, -0.05) is 12.8 Å². The van der Waals surface area contributed by atoms with Crippen LogP contribution in [0.5, 0.6) is 0 Å². The number of ether oxygens (including phenoxy) is 1. The highest BCUT2D eigenvalue weighted by Gasteiger charge is 2.32. The predicted octanol–water partition coefficient (Wildman–Crippen LogP) is -0.379. The Labute approximate surface area is 132 Å². The number of nitrogens with two attached hydrogens (primary N) is 2. The molecule has 1 atom stereocenters. The third kappa shape index (κ3) is 11.7. The van der Waals surface area contributed by atoms with Crippen LogP contribution in [0.3, 0.4) is 0 Å². The molecule has 0 saturated carbocycles. The van der Waals surface area contributed by atoms with E-state index in [0.717, 1.165) is 0 Å². The Morgan fingerprint density at radius 3 is 2.20 bits per heavy atom. The maximum atomic E-state index is 11.1. The predicted molar refractivity (Wildman–Crippen MR) is 82.4 cm³/mol. The molecule has 122 valence electrons. The molecule has 20 heavy (non-hydrogen) atoms. The third-order valence-electron chi connectivity index (χ3n) is 2.72. The number of carboxylic acids is 1. The number of carboxylic acid groups (broad SMARTS) is 1. The summed E-state index contributed by atoms with van der Waals surface area (Å²) in [4.78, 5) is 11.1. The summed E-state index contributed by atoms with van der Waals surface area (Å²) in [6.45, 7) is 1.02. The van der Waals surface area contributed by atoms with Crippen molar-refractivity contribution in [1.29, 1.82) is 0 Å². The molecule has 0 aliphatic carbocycles. The fourth-order valence-corrected chi connectivity index (χ4v) is 1.55. The van der Waals surface area contributed by atoms with Gasteiger partial charge in [0.15, 0.2) is 0 Å². The highest BCUT2D eigenvalue weighted by atomic mass is 35.5. The Hall–Kier alpha value is -0.0851. The summed E-state index contributed by atoms with van der Waals surface area (Å²) >= 11 is 0. The fraction of sp³-hybridized carbons (Fsp3) is 0.900. The maximum Gasteiger partial charge on any atom is 0.451 e. The second kappa shape index (κ2) is 13.9. The molecule has 1 unspecified atom stereocenters. The van der Waals surface area contributed by atoms with Gasteiger partial charge in [0.25, 0.3) is 0 Å². The van der Waals surface area contributed by atoms with Gasteiger partial charge in [0, 0.05) is 13.2 Å². The van der Waals surface area contributed by atoms with E-state index in [1.165, 1.54) is 0 Å². The van der Waals surface area contributed by atoms with Gasteiger partial charge >= 0.3 is 13.1 Å². The van der Waals surface area contributed by atoms with Crippen LogP contribution >= 0.6 is 24.8 Å². The third-order valence-corrected chi connectivity index (χ3v) is 2.72. The van der Waals surface area contributed by atoms with Crippen molar-refractivity contribution in [3.63, 3.8) is 0 Å². The topological polar surface area (TPSA) is 139 Å². The minimum Gasteiger partial charge on any atom is -0.480 e. The quantitative estimate of drug-likeness (QED) is 0.256. The van der Waals surface area contributed by atoms with E-state index in [-0.39, 0.29) is 50.6 Å². The molecule has 0 radical (unpaired) electrons. The molecule has 0 heterocycles. The number of aliphatic carboxylic acids is 1. The molecule has 0 saturated heterocycles. The van der Waals surface area contributed by atoms with Gasteiger partial charge in [0.1, 0.15) is 5.54 Å². The van der Waals surface area contributed by atoms with Gasteiger partial charge in [-0.15, -0.1) is 24.8 Å². The number of halogens is 2. The minimum atomic E-state index is -1.35. The Bertz CT molecular complexity index is 252. The Kier molecular flexibility index (Phi) is 17.3. The molecular weight excluding hydrogens is 310 g/mol. The summed E-state index contributed by atoms with van der Waals surface area (Å²) in [6.07, 6.45) is 1.76. The van der Waals surface area contributed by atoms with E-state index in [2.05, 4.69) is 0 Å². The first-order valence-electron chi connectivity index (χ1n) is 6.08. The smallest absolute Gasteiger partial charge is 0.451 e. The monoisotopic (exact) mass is 334 g/mol. The van der Waals surface area contributed by atoms with Crippen molar-refractivity contribution < 1.29 is 24.7 Å². The minimum absolute atomic E-state index is 0. The first-order chi connectivity index (χ1) is 8.42. The summed E-state index contributed by atoms with van der Waals surface area (Å²) in [5, 5.41) is 26.4. The molecule has 0 aromatic rings. The first-order valence-corrected chi connectivity index (χ1v) is 6.08. The van der Waals surface area contributed by atoms with Crippen LogP contribution in [0, 0.1) is 0 Å². The molecule has 0 spiro atoms. The molecule has 0 aromatic carbocycles. The molecule has 0 rings (SSSR count). The van der Waals surface area contributed by atoms with E-state index >= 15 is 0 Å². The van der Waals surface area contributed by atoms with Crippen molar-refractivity contribution in [1.82, 2.24) is 0 Å². The van der Waals surface area contributed by atoms with E-state index in [9.17, 15) is 4.79 Å². The van der Waals surface area contributed by atoms with Crippen LogP contribution in [0.15, 0.2) is 0 Å². The van der Waals surface area contributed by atoms with Crippen LogP contribution in [-0.2, 0) is 9.53 Å². The lowest BCUT2D eigenvalue weighted by Gasteiger charge is -2.24. The average molecular weight is 335 g/mol. The number of rotatable bonds is 11. The standard InChI is InChI=1S/C10H23BN2O5.2ClH/c12-6-8-18-7-4-10(13,9(14)15)3-1-2-5-11(16)17;;/h16-17H,1-8,12-13H2,(H,14,15);2*1H.